The molecular weight excluding hydrogens is 262 g/mol. The lowest BCUT2D eigenvalue weighted by atomic mass is 10.0. The van der Waals surface area contributed by atoms with Gasteiger partial charge in [0.25, 0.3) is 0 Å². The molecule has 0 fully saturated rings. The van der Waals surface area contributed by atoms with Crippen LogP contribution in [0.1, 0.15) is 31.7 Å². The van der Waals surface area contributed by atoms with Crippen LogP contribution in [0.2, 0.25) is 0 Å². The van der Waals surface area contributed by atoms with Crippen LogP contribution in [0.4, 0.5) is 0 Å². The lowest BCUT2D eigenvalue weighted by molar-refractivity contribution is -0.121. The predicted octanol–water partition coefficient (Wildman–Crippen LogP) is 3.70. The summed E-state index contributed by atoms with van der Waals surface area (Å²) in [6, 6.07) is 12.3. The van der Waals surface area contributed by atoms with Crippen LogP contribution >= 0.6 is 0 Å². The molecule has 0 heterocycles. The van der Waals surface area contributed by atoms with E-state index >= 15 is 0 Å². The zero-order valence-electron chi connectivity index (χ0n) is 12.8. The SMILES string of the molecule is CCCCC(=O)NCCc1c(OC)ccc2ccccc12. The largest absolute Gasteiger partial charge is 0.496 e. The molecule has 0 atom stereocenters. The number of benzene rings is 2. The minimum absolute atomic E-state index is 0.135. The van der Waals surface area contributed by atoms with E-state index in [2.05, 4.69) is 30.4 Å². The van der Waals surface area contributed by atoms with Crippen molar-refractivity contribution < 1.29 is 9.53 Å². The van der Waals surface area contributed by atoms with Gasteiger partial charge in [0.15, 0.2) is 0 Å². The molecular formula is C18H23NO2. The van der Waals surface area contributed by atoms with Gasteiger partial charge in [-0.15, -0.1) is 0 Å². The first-order valence-corrected chi connectivity index (χ1v) is 7.57. The number of methoxy groups -OCH3 is 1. The van der Waals surface area contributed by atoms with Crippen LogP contribution in [0, 0.1) is 0 Å². The van der Waals surface area contributed by atoms with Gasteiger partial charge in [0.1, 0.15) is 5.75 Å². The molecule has 0 spiro atoms. The van der Waals surface area contributed by atoms with Crippen molar-refractivity contribution in [3.63, 3.8) is 0 Å². The zero-order valence-corrected chi connectivity index (χ0v) is 12.8. The van der Waals surface area contributed by atoms with Gasteiger partial charge < -0.3 is 10.1 Å². The van der Waals surface area contributed by atoms with Gasteiger partial charge in [-0.05, 0) is 29.7 Å². The Balaban J connectivity index is 2.08. The van der Waals surface area contributed by atoms with Crippen LogP contribution in [0.5, 0.6) is 5.75 Å². The first-order chi connectivity index (χ1) is 10.3. The van der Waals surface area contributed by atoms with E-state index in [9.17, 15) is 4.79 Å². The zero-order chi connectivity index (χ0) is 15.1. The van der Waals surface area contributed by atoms with Gasteiger partial charge in [0.05, 0.1) is 7.11 Å². The summed E-state index contributed by atoms with van der Waals surface area (Å²) in [4.78, 5) is 11.7. The van der Waals surface area contributed by atoms with Crippen molar-refractivity contribution >= 4 is 16.7 Å². The van der Waals surface area contributed by atoms with Gasteiger partial charge in [-0.25, -0.2) is 0 Å². The van der Waals surface area contributed by atoms with E-state index in [-0.39, 0.29) is 5.91 Å². The molecule has 0 saturated carbocycles. The fraction of sp³-hybridized carbons (Fsp3) is 0.389. The number of fused-ring (bicyclic) bond motifs is 1. The number of hydrogen-bond acceptors (Lipinski definition) is 2. The summed E-state index contributed by atoms with van der Waals surface area (Å²) in [5, 5.41) is 5.38. The first-order valence-electron chi connectivity index (χ1n) is 7.57. The molecule has 0 aliphatic heterocycles. The quantitative estimate of drug-likeness (QED) is 0.842. The third-order valence-corrected chi connectivity index (χ3v) is 3.67. The Morgan fingerprint density at radius 2 is 2.00 bits per heavy atom. The number of carbonyl (C=O) groups is 1. The van der Waals surface area contributed by atoms with E-state index in [0.717, 1.165) is 30.6 Å². The highest BCUT2D eigenvalue weighted by Gasteiger charge is 2.08. The smallest absolute Gasteiger partial charge is 0.220 e. The van der Waals surface area contributed by atoms with Crippen LogP contribution in [-0.4, -0.2) is 19.6 Å². The standard InChI is InChI=1S/C18H23NO2/c1-3-4-9-18(20)19-13-12-16-15-8-6-5-7-14(15)10-11-17(16)21-2/h5-8,10-11H,3-4,9,12-13H2,1-2H3,(H,19,20). The second-order valence-corrected chi connectivity index (χ2v) is 5.17. The highest BCUT2D eigenvalue weighted by Crippen LogP contribution is 2.28. The number of carbonyl (C=O) groups excluding carboxylic acids is 1. The predicted molar refractivity (Wildman–Crippen MR) is 86.7 cm³/mol. The normalized spacial score (nSPS) is 10.6. The lowest BCUT2D eigenvalue weighted by Gasteiger charge is -2.12. The van der Waals surface area contributed by atoms with Crippen molar-refractivity contribution in [2.75, 3.05) is 13.7 Å². The highest BCUT2D eigenvalue weighted by molar-refractivity contribution is 5.87. The second-order valence-electron chi connectivity index (χ2n) is 5.17. The van der Waals surface area contributed by atoms with Gasteiger partial charge in [-0.1, -0.05) is 43.7 Å². The summed E-state index contributed by atoms with van der Waals surface area (Å²) in [7, 11) is 1.69. The number of nitrogens with one attached hydrogen (secondary N) is 1. The van der Waals surface area contributed by atoms with E-state index in [1.165, 1.54) is 10.8 Å². The molecule has 1 N–H and O–H groups in total. The summed E-state index contributed by atoms with van der Waals surface area (Å²) >= 11 is 0. The molecule has 3 nitrogen and oxygen atoms in total. The Labute approximate surface area is 126 Å². The van der Waals surface area contributed by atoms with Crippen molar-refractivity contribution in [3.8, 4) is 5.75 Å². The molecule has 0 radical (unpaired) electrons. The van der Waals surface area contributed by atoms with E-state index in [1.807, 2.05) is 18.2 Å². The van der Waals surface area contributed by atoms with Gasteiger partial charge in [-0.3, -0.25) is 4.79 Å². The molecule has 0 saturated heterocycles. The third-order valence-electron chi connectivity index (χ3n) is 3.67. The second kappa shape index (κ2) is 7.67. The molecule has 0 aliphatic rings. The topological polar surface area (TPSA) is 38.3 Å². The van der Waals surface area contributed by atoms with Gasteiger partial charge in [-0.2, -0.15) is 0 Å². The first kappa shape index (κ1) is 15.4. The molecule has 2 aromatic carbocycles. The van der Waals surface area contributed by atoms with Crippen LogP contribution < -0.4 is 10.1 Å². The average molecular weight is 285 g/mol. The molecule has 2 rings (SSSR count). The summed E-state index contributed by atoms with van der Waals surface area (Å²) < 4.78 is 5.46. The lowest BCUT2D eigenvalue weighted by Crippen LogP contribution is -2.25. The van der Waals surface area contributed by atoms with E-state index < -0.39 is 0 Å². The van der Waals surface area contributed by atoms with E-state index in [1.54, 1.807) is 7.11 Å². The molecule has 112 valence electrons. The monoisotopic (exact) mass is 285 g/mol. The van der Waals surface area contributed by atoms with E-state index in [4.69, 9.17) is 4.74 Å². The summed E-state index contributed by atoms with van der Waals surface area (Å²) in [5.74, 6) is 1.02. The number of unbranched alkanes of at least 4 members (excludes halogenated alkanes) is 1. The van der Waals surface area contributed by atoms with Gasteiger partial charge in [0, 0.05) is 18.5 Å². The summed E-state index contributed by atoms with van der Waals surface area (Å²) in [6.45, 7) is 2.74. The van der Waals surface area contributed by atoms with Crippen LogP contribution in [-0.2, 0) is 11.2 Å². The van der Waals surface area contributed by atoms with Crippen molar-refractivity contribution in [3.05, 3.63) is 42.0 Å². The minimum Gasteiger partial charge on any atom is -0.496 e. The maximum absolute atomic E-state index is 11.7. The number of hydrogen-bond donors (Lipinski definition) is 1. The van der Waals surface area contributed by atoms with E-state index in [0.29, 0.717) is 13.0 Å². The van der Waals surface area contributed by atoms with Gasteiger partial charge >= 0.3 is 0 Å². The number of amides is 1. The molecule has 0 unspecified atom stereocenters. The van der Waals surface area contributed by atoms with Crippen LogP contribution in [0.3, 0.4) is 0 Å². The fourth-order valence-corrected chi connectivity index (χ4v) is 2.52. The minimum atomic E-state index is 0.135. The van der Waals surface area contributed by atoms with Crippen molar-refractivity contribution in [1.29, 1.82) is 0 Å². The van der Waals surface area contributed by atoms with Crippen LogP contribution in [0.15, 0.2) is 36.4 Å². The molecule has 0 aromatic heterocycles. The Morgan fingerprint density at radius 3 is 2.76 bits per heavy atom. The third kappa shape index (κ3) is 3.97. The Morgan fingerprint density at radius 1 is 1.19 bits per heavy atom. The Hall–Kier alpha value is -2.03. The molecule has 3 heteroatoms. The number of rotatable bonds is 7. The number of ether oxygens (including phenoxy) is 1. The highest BCUT2D eigenvalue weighted by atomic mass is 16.5. The fourth-order valence-electron chi connectivity index (χ4n) is 2.52. The molecule has 0 bridgehead atoms. The summed E-state index contributed by atoms with van der Waals surface area (Å²) in [6.07, 6.45) is 3.39. The molecule has 2 aromatic rings. The average Bonchev–Trinajstić information content (AvgIpc) is 2.53. The van der Waals surface area contributed by atoms with Crippen molar-refractivity contribution in [2.45, 2.75) is 32.6 Å². The maximum Gasteiger partial charge on any atom is 0.220 e. The maximum atomic E-state index is 11.7. The molecule has 1 amide bonds. The van der Waals surface area contributed by atoms with Gasteiger partial charge in [0.2, 0.25) is 5.91 Å². The van der Waals surface area contributed by atoms with Crippen molar-refractivity contribution in [1.82, 2.24) is 5.32 Å². The summed E-state index contributed by atoms with van der Waals surface area (Å²) in [5.41, 5.74) is 1.16. The Bertz CT molecular complexity index is 607. The van der Waals surface area contributed by atoms with Crippen LogP contribution in [0.25, 0.3) is 10.8 Å². The molecule has 0 aliphatic carbocycles. The van der Waals surface area contributed by atoms with Crippen molar-refractivity contribution in [2.24, 2.45) is 0 Å². The Kier molecular flexibility index (Phi) is 5.61. The molecule has 21 heavy (non-hydrogen) atoms.